The number of nitrogens with one attached hydrogen (secondary N) is 1. The molecule has 0 bridgehead atoms. The predicted molar refractivity (Wildman–Crippen MR) is 96.4 cm³/mol. The number of likely N-dealkylation sites (tertiary alicyclic amines) is 1. The maximum atomic E-state index is 12.5. The number of rotatable bonds is 6. The highest BCUT2D eigenvalue weighted by Gasteiger charge is 2.34. The van der Waals surface area contributed by atoms with E-state index < -0.39 is 0 Å². The summed E-state index contributed by atoms with van der Waals surface area (Å²) in [6.45, 7) is 5.87. The van der Waals surface area contributed by atoms with Gasteiger partial charge in [-0.3, -0.25) is 9.59 Å². The number of carbonyl (C=O) groups is 2. The molecule has 3 rings (SSSR count). The van der Waals surface area contributed by atoms with Gasteiger partial charge in [-0.15, -0.1) is 0 Å². The van der Waals surface area contributed by atoms with Crippen molar-refractivity contribution in [1.29, 1.82) is 0 Å². The topological polar surface area (TPSA) is 58.6 Å². The van der Waals surface area contributed by atoms with Crippen LogP contribution in [0.4, 0.5) is 0 Å². The van der Waals surface area contributed by atoms with Crippen LogP contribution in [0.25, 0.3) is 0 Å². The zero-order valence-corrected chi connectivity index (χ0v) is 15.4. The van der Waals surface area contributed by atoms with Gasteiger partial charge in [0.25, 0.3) is 0 Å². The average molecular weight is 344 g/mol. The Morgan fingerprint density at radius 3 is 2.72 bits per heavy atom. The van der Waals surface area contributed by atoms with E-state index in [1.165, 1.54) is 17.5 Å². The summed E-state index contributed by atoms with van der Waals surface area (Å²) in [5, 5.41) is 3.00. The average Bonchev–Trinajstić information content (AvgIpc) is 3.17. The van der Waals surface area contributed by atoms with Gasteiger partial charge in [0.1, 0.15) is 5.75 Å². The molecule has 1 aliphatic carbocycles. The Morgan fingerprint density at radius 2 is 2.04 bits per heavy atom. The SMILES string of the molecule is COc1cc2c(cc1CNC(=O)[C@@H]1CC(=O)N(CC(C)C)C1)CCC2. The van der Waals surface area contributed by atoms with Crippen LogP contribution in [-0.2, 0) is 29.0 Å². The molecule has 1 N–H and O–H groups in total. The van der Waals surface area contributed by atoms with Crippen molar-refractivity contribution in [1.82, 2.24) is 10.2 Å². The quantitative estimate of drug-likeness (QED) is 0.861. The Bertz CT molecular complexity index is 669. The van der Waals surface area contributed by atoms with Crippen molar-refractivity contribution in [3.63, 3.8) is 0 Å². The first-order valence-corrected chi connectivity index (χ1v) is 9.22. The molecule has 5 heteroatoms. The van der Waals surface area contributed by atoms with E-state index in [1.807, 2.05) is 4.90 Å². The van der Waals surface area contributed by atoms with Crippen LogP contribution in [0.15, 0.2) is 12.1 Å². The highest BCUT2D eigenvalue weighted by molar-refractivity contribution is 5.89. The molecule has 0 radical (unpaired) electrons. The van der Waals surface area contributed by atoms with Crippen LogP contribution in [0.5, 0.6) is 5.75 Å². The number of aryl methyl sites for hydroxylation is 2. The summed E-state index contributed by atoms with van der Waals surface area (Å²) in [7, 11) is 1.67. The van der Waals surface area contributed by atoms with Gasteiger partial charge in [-0.25, -0.2) is 0 Å². The normalized spacial score (nSPS) is 19.4. The minimum absolute atomic E-state index is 0.0397. The molecule has 1 fully saturated rings. The lowest BCUT2D eigenvalue weighted by Crippen LogP contribution is -2.33. The Hall–Kier alpha value is -2.04. The minimum atomic E-state index is -0.244. The fourth-order valence-corrected chi connectivity index (χ4v) is 3.87. The molecular formula is C20H28N2O3. The van der Waals surface area contributed by atoms with Gasteiger partial charge in [0.15, 0.2) is 0 Å². The van der Waals surface area contributed by atoms with E-state index in [9.17, 15) is 9.59 Å². The highest BCUT2D eigenvalue weighted by atomic mass is 16.5. The Balaban J connectivity index is 1.60. The Kier molecular flexibility index (Phi) is 5.30. The van der Waals surface area contributed by atoms with E-state index in [-0.39, 0.29) is 17.7 Å². The lowest BCUT2D eigenvalue weighted by Gasteiger charge is -2.19. The summed E-state index contributed by atoms with van der Waals surface area (Å²) in [6.07, 6.45) is 3.71. The van der Waals surface area contributed by atoms with E-state index in [4.69, 9.17) is 4.74 Å². The van der Waals surface area contributed by atoms with Crippen LogP contribution in [-0.4, -0.2) is 36.9 Å². The minimum Gasteiger partial charge on any atom is -0.496 e. The van der Waals surface area contributed by atoms with Gasteiger partial charge in [-0.1, -0.05) is 19.9 Å². The van der Waals surface area contributed by atoms with Gasteiger partial charge < -0.3 is 15.0 Å². The monoisotopic (exact) mass is 344 g/mol. The summed E-state index contributed by atoms with van der Waals surface area (Å²) < 4.78 is 5.49. The van der Waals surface area contributed by atoms with E-state index in [0.29, 0.717) is 25.4 Å². The van der Waals surface area contributed by atoms with Crippen LogP contribution in [0, 0.1) is 11.8 Å². The molecule has 5 nitrogen and oxygen atoms in total. The van der Waals surface area contributed by atoms with Gasteiger partial charge in [-0.2, -0.15) is 0 Å². The van der Waals surface area contributed by atoms with Gasteiger partial charge in [0.2, 0.25) is 11.8 Å². The second-order valence-corrected chi connectivity index (χ2v) is 7.60. The van der Waals surface area contributed by atoms with E-state index in [1.54, 1.807) is 7.11 Å². The van der Waals surface area contributed by atoms with Crippen molar-refractivity contribution >= 4 is 11.8 Å². The zero-order chi connectivity index (χ0) is 18.0. The van der Waals surface area contributed by atoms with Crippen molar-refractivity contribution in [2.24, 2.45) is 11.8 Å². The molecule has 1 heterocycles. The molecule has 1 saturated heterocycles. The van der Waals surface area contributed by atoms with E-state index in [0.717, 1.165) is 30.7 Å². The second-order valence-electron chi connectivity index (χ2n) is 7.60. The molecule has 1 atom stereocenters. The number of methoxy groups -OCH3 is 1. The zero-order valence-electron chi connectivity index (χ0n) is 15.4. The first kappa shape index (κ1) is 17.8. The molecule has 136 valence electrons. The summed E-state index contributed by atoms with van der Waals surface area (Å²) in [4.78, 5) is 26.4. The molecule has 0 aromatic heterocycles. The summed E-state index contributed by atoms with van der Waals surface area (Å²) in [5.74, 6) is 1.06. The molecule has 0 unspecified atom stereocenters. The number of hydrogen-bond acceptors (Lipinski definition) is 3. The van der Waals surface area contributed by atoms with Crippen molar-refractivity contribution in [2.45, 2.75) is 46.1 Å². The molecule has 1 aromatic rings. The number of hydrogen-bond donors (Lipinski definition) is 1. The van der Waals surface area contributed by atoms with Gasteiger partial charge in [0, 0.05) is 31.6 Å². The van der Waals surface area contributed by atoms with Crippen LogP contribution in [0.3, 0.4) is 0 Å². The smallest absolute Gasteiger partial charge is 0.225 e. The Morgan fingerprint density at radius 1 is 1.32 bits per heavy atom. The van der Waals surface area contributed by atoms with Gasteiger partial charge in [-0.05, 0) is 42.4 Å². The predicted octanol–water partition coefficient (Wildman–Crippen LogP) is 2.30. The largest absolute Gasteiger partial charge is 0.496 e. The third kappa shape index (κ3) is 3.97. The summed E-state index contributed by atoms with van der Waals surface area (Å²) in [6, 6.07) is 4.26. The first-order valence-electron chi connectivity index (χ1n) is 9.22. The third-order valence-electron chi connectivity index (χ3n) is 5.12. The van der Waals surface area contributed by atoms with Gasteiger partial charge in [0.05, 0.1) is 13.0 Å². The molecular weight excluding hydrogens is 316 g/mol. The highest BCUT2D eigenvalue weighted by Crippen LogP contribution is 2.30. The summed E-state index contributed by atoms with van der Waals surface area (Å²) in [5.41, 5.74) is 3.74. The van der Waals surface area contributed by atoms with Crippen LogP contribution in [0.2, 0.25) is 0 Å². The number of nitrogens with zero attached hydrogens (tertiary/aromatic N) is 1. The molecule has 0 spiro atoms. The van der Waals surface area contributed by atoms with E-state index in [2.05, 4.69) is 31.3 Å². The summed E-state index contributed by atoms with van der Waals surface area (Å²) >= 11 is 0. The number of amides is 2. The molecule has 2 amide bonds. The first-order chi connectivity index (χ1) is 12.0. The van der Waals surface area contributed by atoms with Crippen LogP contribution >= 0.6 is 0 Å². The molecule has 25 heavy (non-hydrogen) atoms. The third-order valence-corrected chi connectivity index (χ3v) is 5.12. The van der Waals surface area contributed by atoms with Crippen LogP contribution in [0.1, 0.15) is 43.4 Å². The van der Waals surface area contributed by atoms with Crippen molar-refractivity contribution in [2.75, 3.05) is 20.2 Å². The van der Waals surface area contributed by atoms with E-state index >= 15 is 0 Å². The number of carbonyl (C=O) groups excluding carboxylic acids is 2. The van der Waals surface area contributed by atoms with Crippen molar-refractivity contribution in [3.8, 4) is 5.75 Å². The molecule has 0 saturated carbocycles. The fraction of sp³-hybridized carbons (Fsp3) is 0.600. The fourth-order valence-electron chi connectivity index (χ4n) is 3.87. The Labute approximate surface area is 149 Å². The standard InChI is InChI=1S/C20H28N2O3/c1-13(2)11-22-12-17(9-19(22)23)20(24)21-10-16-7-14-5-4-6-15(14)8-18(16)25-3/h7-8,13,17H,4-6,9-12H2,1-3H3,(H,21,24)/t17-/m1/s1. The maximum absolute atomic E-state index is 12.5. The number of fused-ring (bicyclic) bond motifs is 1. The lowest BCUT2D eigenvalue weighted by molar-refractivity contribution is -0.129. The van der Waals surface area contributed by atoms with Gasteiger partial charge >= 0.3 is 0 Å². The molecule has 2 aliphatic rings. The lowest BCUT2D eigenvalue weighted by atomic mass is 10.0. The van der Waals surface area contributed by atoms with Crippen molar-refractivity contribution < 1.29 is 14.3 Å². The maximum Gasteiger partial charge on any atom is 0.225 e. The number of benzene rings is 1. The second kappa shape index (κ2) is 7.46. The number of ether oxygens (including phenoxy) is 1. The molecule has 1 aromatic carbocycles. The molecule has 1 aliphatic heterocycles. The van der Waals surface area contributed by atoms with Crippen LogP contribution < -0.4 is 10.1 Å². The van der Waals surface area contributed by atoms with Crippen molar-refractivity contribution in [3.05, 3.63) is 28.8 Å².